The van der Waals surface area contributed by atoms with E-state index < -0.39 is 0 Å². The molecule has 1 aromatic rings. The molecule has 0 heterocycles. The minimum atomic E-state index is 0.577. The van der Waals surface area contributed by atoms with Crippen LogP contribution in [0, 0.1) is 0 Å². The predicted octanol–water partition coefficient (Wildman–Crippen LogP) is 2.37. The highest BCUT2D eigenvalue weighted by atomic mass is 14.9. The van der Waals surface area contributed by atoms with Crippen molar-refractivity contribution in [2.75, 3.05) is 12.8 Å². The monoisotopic (exact) mass is 191 g/mol. The first-order valence-electron chi connectivity index (χ1n) is 4.58. The molecule has 0 aromatic heterocycles. The summed E-state index contributed by atoms with van der Waals surface area (Å²) in [4.78, 5) is 7.70. The molecule has 0 aliphatic heterocycles. The number of nitrogens with two attached hydrogens (primary N) is 1. The van der Waals surface area contributed by atoms with Crippen LogP contribution < -0.4 is 5.73 Å². The summed E-state index contributed by atoms with van der Waals surface area (Å²) in [5.74, 6) is 0.577. The van der Waals surface area contributed by atoms with Gasteiger partial charge in [-0.3, -0.25) is 4.99 Å². The lowest BCUT2D eigenvalue weighted by molar-refractivity contribution is 1.39. The highest BCUT2D eigenvalue weighted by Crippen LogP contribution is 2.11. The van der Waals surface area contributed by atoms with Crippen molar-refractivity contribution < 1.29 is 0 Å². The molecule has 76 valence electrons. The molecule has 0 saturated heterocycles. The van der Waals surface area contributed by atoms with Gasteiger partial charge < -0.3 is 5.73 Å². The molecule has 0 saturated carbocycles. The molecule has 1 aromatic carbocycles. The van der Waals surface area contributed by atoms with E-state index in [1.807, 2.05) is 38.1 Å². The Bertz CT molecular complexity index is 316. The van der Waals surface area contributed by atoms with Gasteiger partial charge in [-0.15, -0.1) is 0 Å². The second-order valence-corrected chi connectivity index (χ2v) is 2.29. The van der Waals surface area contributed by atoms with Gasteiger partial charge >= 0.3 is 0 Å². The summed E-state index contributed by atoms with van der Waals surface area (Å²) in [7, 11) is 1.66. The van der Waals surface area contributed by atoms with E-state index in [1.165, 1.54) is 0 Å². The van der Waals surface area contributed by atoms with Gasteiger partial charge in [-0.25, -0.2) is 4.99 Å². The van der Waals surface area contributed by atoms with Crippen molar-refractivity contribution in [1.29, 1.82) is 0 Å². The van der Waals surface area contributed by atoms with Crippen molar-refractivity contribution in [3.05, 3.63) is 29.8 Å². The Balaban J connectivity index is 0.000000791. The summed E-state index contributed by atoms with van der Waals surface area (Å²) in [6.45, 7) is 7.41. The molecule has 0 amide bonds. The van der Waals surface area contributed by atoms with E-state index in [9.17, 15) is 0 Å². The molecule has 3 heteroatoms. The Kier molecular flexibility index (Phi) is 6.03. The Labute approximate surface area is 85.4 Å². The summed E-state index contributed by atoms with van der Waals surface area (Å²) >= 11 is 0. The molecule has 0 spiro atoms. The third-order valence-corrected chi connectivity index (χ3v) is 1.56. The Morgan fingerprint density at radius 3 is 2.29 bits per heavy atom. The zero-order chi connectivity index (χ0) is 11.0. The van der Waals surface area contributed by atoms with Crippen molar-refractivity contribution in [3.8, 4) is 0 Å². The average molecular weight is 191 g/mol. The topological polar surface area (TPSA) is 50.7 Å². The molecule has 1 rings (SSSR count). The second-order valence-electron chi connectivity index (χ2n) is 2.29. The molecule has 0 unspecified atom stereocenters. The summed E-state index contributed by atoms with van der Waals surface area (Å²) in [5.41, 5.74) is 7.20. The fraction of sp³-hybridized carbons (Fsp3) is 0.273. The number of nitrogen functional groups attached to an aromatic ring is 1. The van der Waals surface area contributed by atoms with Crippen molar-refractivity contribution in [3.63, 3.8) is 0 Å². The lowest BCUT2D eigenvalue weighted by Crippen LogP contribution is -2.01. The fourth-order valence-electron chi connectivity index (χ4n) is 0.977. The van der Waals surface area contributed by atoms with Crippen LogP contribution in [-0.2, 0) is 0 Å². The fourth-order valence-corrected chi connectivity index (χ4v) is 0.977. The van der Waals surface area contributed by atoms with Gasteiger partial charge in [0, 0.05) is 18.3 Å². The van der Waals surface area contributed by atoms with Gasteiger partial charge in [0.15, 0.2) is 5.84 Å². The van der Waals surface area contributed by atoms with E-state index >= 15 is 0 Å². The maximum Gasteiger partial charge on any atom is 0.155 e. The van der Waals surface area contributed by atoms with Gasteiger partial charge in [0.2, 0.25) is 0 Å². The maximum absolute atomic E-state index is 5.70. The van der Waals surface area contributed by atoms with Gasteiger partial charge in [0.25, 0.3) is 0 Å². The van der Waals surface area contributed by atoms with Crippen molar-refractivity contribution in [2.45, 2.75) is 13.8 Å². The van der Waals surface area contributed by atoms with Gasteiger partial charge in [-0.2, -0.15) is 0 Å². The molecular formula is C11H17N3. The molecule has 3 nitrogen and oxygen atoms in total. The number of hydrogen-bond donors (Lipinski definition) is 1. The van der Waals surface area contributed by atoms with E-state index in [-0.39, 0.29) is 0 Å². The first-order chi connectivity index (χ1) is 6.79. The molecule has 0 bridgehead atoms. The van der Waals surface area contributed by atoms with Crippen LogP contribution in [0.25, 0.3) is 0 Å². The van der Waals surface area contributed by atoms with Crippen LogP contribution in [0.1, 0.15) is 19.4 Å². The summed E-state index contributed by atoms with van der Waals surface area (Å²) in [6.07, 6.45) is 0. The van der Waals surface area contributed by atoms with Crippen molar-refractivity contribution in [1.82, 2.24) is 0 Å². The first kappa shape index (κ1) is 12.4. The number of hydrogen-bond acceptors (Lipinski definition) is 2. The minimum absolute atomic E-state index is 0.577. The van der Waals surface area contributed by atoms with E-state index in [0.29, 0.717) is 11.5 Å². The quantitative estimate of drug-likeness (QED) is 0.413. The third kappa shape index (κ3) is 3.01. The van der Waals surface area contributed by atoms with Crippen LogP contribution in [-0.4, -0.2) is 19.6 Å². The van der Waals surface area contributed by atoms with Crippen molar-refractivity contribution >= 4 is 18.2 Å². The molecular weight excluding hydrogens is 174 g/mol. The highest BCUT2D eigenvalue weighted by Gasteiger charge is 2.01. The molecule has 14 heavy (non-hydrogen) atoms. The molecule has 0 aliphatic carbocycles. The normalized spacial score (nSPS) is 10.1. The van der Waals surface area contributed by atoms with Crippen molar-refractivity contribution in [2.24, 2.45) is 9.98 Å². The van der Waals surface area contributed by atoms with Gasteiger partial charge in [0.05, 0.1) is 0 Å². The predicted molar refractivity (Wildman–Crippen MR) is 64.2 cm³/mol. The van der Waals surface area contributed by atoms with E-state index in [1.54, 1.807) is 7.05 Å². The molecule has 0 radical (unpaired) electrons. The number of aliphatic imine (C=N–C) groups is 2. The number of benzene rings is 1. The SMILES string of the molecule is C=NC(=NC)c1ccccc1N.CC. The molecule has 0 fully saturated rings. The smallest absolute Gasteiger partial charge is 0.155 e. The van der Waals surface area contributed by atoms with Crippen LogP contribution >= 0.6 is 0 Å². The second kappa shape index (κ2) is 6.83. The van der Waals surface area contributed by atoms with Crippen LogP contribution in [0.15, 0.2) is 34.3 Å². The zero-order valence-corrected chi connectivity index (χ0v) is 8.99. The minimum Gasteiger partial charge on any atom is -0.398 e. The Hall–Kier alpha value is -1.64. The van der Waals surface area contributed by atoms with Gasteiger partial charge in [-0.05, 0) is 18.9 Å². The number of amidine groups is 1. The lowest BCUT2D eigenvalue weighted by atomic mass is 10.1. The number of para-hydroxylation sites is 1. The maximum atomic E-state index is 5.70. The first-order valence-corrected chi connectivity index (χ1v) is 4.58. The van der Waals surface area contributed by atoms with Crippen LogP contribution in [0.2, 0.25) is 0 Å². The number of rotatable bonds is 1. The van der Waals surface area contributed by atoms with Gasteiger partial charge in [-0.1, -0.05) is 26.0 Å². The summed E-state index contributed by atoms with van der Waals surface area (Å²) in [5, 5.41) is 0. The van der Waals surface area contributed by atoms with E-state index in [4.69, 9.17) is 5.73 Å². The lowest BCUT2D eigenvalue weighted by Gasteiger charge is -2.02. The standard InChI is InChI=1S/C9H11N3.C2H6/c1-11-9(12-2)7-5-3-4-6-8(7)10;1-2/h3-6H,1,10H2,2H3;1-2H3. The van der Waals surface area contributed by atoms with Crippen LogP contribution in [0.3, 0.4) is 0 Å². The van der Waals surface area contributed by atoms with Crippen LogP contribution in [0.4, 0.5) is 5.69 Å². The Morgan fingerprint density at radius 1 is 1.29 bits per heavy atom. The highest BCUT2D eigenvalue weighted by molar-refractivity contribution is 6.05. The van der Waals surface area contributed by atoms with Gasteiger partial charge in [0.1, 0.15) is 0 Å². The summed E-state index contributed by atoms with van der Waals surface area (Å²) in [6, 6.07) is 7.44. The van der Waals surface area contributed by atoms with Crippen LogP contribution in [0.5, 0.6) is 0 Å². The summed E-state index contributed by atoms with van der Waals surface area (Å²) < 4.78 is 0. The number of nitrogens with zero attached hydrogens (tertiary/aromatic N) is 2. The molecule has 2 N–H and O–H groups in total. The molecule has 0 atom stereocenters. The van der Waals surface area contributed by atoms with E-state index in [0.717, 1.165) is 5.56 Å². The van der Waals surface area contributed by atoms with E-state index in [2.05, 4.69) is 16.7 Å². The Morgan fingerprint density at radius 2 is 1.86 bits per heavy atom. The zero-order valence-electron chi connectivity index (χ0n) is 8.99. The largest absolute Gasteiger partial charge is 0.398 e. The third-order valence-electron chi connectivity index (χ3n) is 1.56. The molecule has 0 aliphatic rings. The average Bonchev–Trinajstić information content (AvgIpc) is 2.25. The number of anilines is 1.